The number of carbonyl (C=O) groups is 2. The molecule has 4 rings (SSSR count). The molecule has 2 N–H and O–H groups in total. The fourth-order valence-corrected chi connectivity index (χ4v) is 4.10. The number of ether oxygens (including phenoxy) is 1. The van der Waals surface area contributed by atoms with Crippen molar-refractivity contribution >= 4 is 23.3 Å². The van der Waals surface area contributed by atoms with Crippen molar-refractivity contribution in [2.24, 2.45) is 5.10 Å². The van der Waals surface area contributed by atoms with Gasteiger partial charge in [-0.1, -0.05) is 12.1 Å². The van der Waals surface area contributed by atoms with E-state index in [4.69, 9.17) is 4.74 Å². The van der Waals surface area contributed by atoms with Crippen LogP contribution in [0.2, 0.25) is 0 Å². The number of anilines is 1. The van der Waals surface area contributed by atoms with E-state index in [0.717, 1.165) is 16.0 Å². The average Bonchev–Trinajstić information content (AvgIpc) is 3.17. The van der Waals surface area contributed by atoms with Gasteiger partial charge in [-0.05, 0) is 54.3 Å². The molecule has 0 saturated heterocycles. The molecule has 1 heterocycles. The number of carboxylic acid groups (broad SMARTS) is 1. The number of amides is 1. The van der Waals surface area contributed by atoms with Gasteiger partial charge in [-0.25, -0.2) is 9.80 Å². The van der Waals surface area contributed by atoms with E-state index < -0.39 is 41.7 Å². The standard InChI is InChI=1S/C21H18F3N3O5/c1-32-12-7-5-11(6-8-12)27-20(31)26(18(28)17(25-27)19(29)30)16-10-9-13-14(16)3-2-4-15(13)21(22,23)24/h2-8,16,20,31H,9-10H2,1H3,(H,29,30)/t16-,20?/m1/s1. The highest BCUT2D eigenvalue weighted by Crippen LogP contribution is 2.44. The lowest BCUT2D eigenvalue weighted by molar-refractivity contribution is -0.142. The molecular weight excluding hydrogens is 431 g/mol. The summed E-state index contributed by atoms with van der Waals surface area (Å²) in [7, 11) is 1.46. The lowest BCUT2D eigenvalue weighted by Crippen LogP contribution is -2.58. The quantitative estimate of drug-likeness (QED) is 0.744. The van der Waals surface area contributed by atoms with Crippen LogP contribution < -0.4 is 9.75 Å². The van der Waals surface area contributed by atoms with Gasteiger partial charge in [0.15, 0.2) is 0 Å². The Hall–Kier alpha value is -3.60. The van der Waals surface area contributed by atoms with Crippen LogP contribution in [0.3, 0.4) is 0 Å². The summed E-state index contributed by atoms with van der Waals surface area (Å²) < 4.78 is 45.4. The molecule has 1 aliphatic heterocycles. The van der Waals surface area contributed by atoms with E-state index in [1.54, 1.807) is 12.1 Å². The number of hydrogen-bond donors (Lipinski definition) is 2. The molecule has 2 atom stereocenters. The fourth-order valence-electron chi connectivity index (χ4n) is 4.10. The van der Waals surface area contributed by atoms with Crippen LogP contribution in [-0.2, 0) is 22.2 Å². The number of benzene rings is 2. The third-order valence-corrected chi connectivity index (χ3v) is 5.53. The van der Waals surface area contributed by atoms with Crippen molar-refractivity contribution in [3.05, 3.63) is 59.2 Å². The van der Waals surface area contributed by atoms with E-state index in [1.165, 1.54) is 31.4 Å². The maximum absolute atomic E-state index is 13.4. The second-order valence-corrected chi connectivity index (χ2v) is 7.28. The van der Waals surface area contributed by atoms with Crippen molar-refractivity contribution in [1.82, 2.24) is 4.90 Å². The topological polar surface area (TPSA) is 103 Å². The molecule has 2 aromatic rings. The predicted molar refractivity (Wildman–Crippen MR) is 106 cm³/mol. The molecule has 32 heavy (non-hydrogen) atoms. The van der Waals surface area contributed by atoms with E-state index in [9.17, 15) is 33.0 Å². The molecule has 0 bridgehead atoms. The zero-order valence-corrected chi connectivity index (χ0v) is 16.7. The summed E-state index contributed by atoms with van der Waals surface area (Å²) in [5, 5.41) is 25.2. The molecule has 168 valence electrons. The van der Waals surface area contributed by atoms with Crippen molar-refractivity contribution in [1.29, 1.82) is 0 Å². The van der Waals surface area contributed by atoms with Crippen molar-refractivity contribution < 1.29 is 37.7 Å². The second-order valence-electron chi connectivity index (χ2n) is 7.28. The zero-order chi connectivity index (χ0) is 23.2. The van der Waals surface area contributed by atoms with Crippen LogP contribution in [0, 0.1) is 0 Å². The minimum absolute atomic E-state index is 0.0221. The number of aliphatic hydroxyl groups excluding tert-OH is 1. The maximum atomic E-state index is 13.4. The minimum atomic E-state index is -4.58. The van der Waals surface area contributed by atoms with Crippen molar-refractivity contribution in [3.8, 4) is 5.75 Å². The summed E-state index contributed by atoms with van der Waals surface area (Å²) in [6.07, 6.45) is -6.19. The van der Waals surface area contributed by atoms with Crippen molar-refractivity contribution in [2.45, 2.75) is 31.4 Å². The van der Waals surface area contributed by atoms with Gasteiger partial charge in [0.25, 0.3) is 5.91 Å². The number of rotatable bonds is 4. The van der Waals surface area contributed by atoms with Crippen LogP contribution in [0.25, 0.3) is 0 Å². The number of fused-ring (bicyclic) bond motifs is 1. The van der Waals surface area contributed by atoms with Gasteiger partial charge in [-0.15, -0.1) is 0 Å². The number of carbonyl (C=O) groups excluding carboxylic acids is 1. The van der Waals surface area contributed by atoms with Crippen LogP contribution in [0.1, 0.15) is 29.2 Å². The van der Waals surface area contributed by atoms with Gasteiger partial charge in [-0.2, -0.15) is 18.3 Å². The summed E-state index contributed by atoms with van der Waals surface area (Å²) in [4.78, 5) is 25.5. The first-order valence-electron chi connectivity index (χ1n) is 9.58. The third kappa shape index (κ3) is 3.54. The molecular formula is C21H18F3N3O5. The number of aliphatic hydroxyl groups is 1. The third-order valence-electron chi connectivity index (χ3n) is 5.53. The molecule has 0 aromatic heterocycles. The fraction of sp³-hybridized carbons (Fsp3) is 0.286. The number of alkyl halides is 3. The Kier molecular flexibility index (Phi) is 5.29. The average molecular weight is 449 g/mol. The summed E-state index contributed by atoms with van der Waals surface area (Å²) >= 11 is 0. The monoisotopic (exact) mass is 449 g/mol. The molecule has 0 fully saturated rings. The highest BCUT2D eigenvalue weighted by molar-refractivity contribution is 6.63. The largest absolute Gasteiger partial charge is 0.497 e. The van der Waals surface area contributed by atoms with E-state index in [0.29, 0.717) is 5.75 Å². The number of carboxylic acids is 1. The van der Waals surface area contributed by atoms with Crippen LogP contribution in [0.4, 0.5) is 18.9 Å². The lowest BCUT2D eigenvalue weighted by atomic mass is 10.0. The minimum Gasteiger partial charge on any atom is -0.497 e. The molecule has 2 aromatic carbocycles. The van der Waals surface area contributed by atoms with E-state index in [1.807, 2.05) is 0 Å². The van der Waals surface area contributed by atoms with Crippen LogP contribution in [0.5, 0.6) is 5.75 Å². The molecule has 0 spiro atoms. The SMILES string of the molecule is COc1ccc(N2N=C(C(=O)O)C(=O)N([C@@H]3CCc4c3cccc4C(F)(F)F)C2O)cc1. The van der Waals surface area contributed by atoms with Crippen LogP contribution >= 0.6 is 0 Å². The molecule has 8 nitrogen and oxygen atoms in total. The van der Waals surface area contributed by atoms with Gasteiger partial charge in [-0.3, -0.25) is 9.69 Å². The van der Waals surface area contributed by atoms with Gasteiger partial charge in [0.1, 0.15) is 5.75 Å². The van der Waals surface area contributed by atoms with Gasteiger partial charge < -0.3 is 14.9 Å². The summed E-state index contributed by atoms with van der Waals surface area (Å²) in [5.41, 5.74) is -1.16. The molecule has 1 amide bonds. The Labute approximate surface area is 180 Å². The number of hydrogen-bond acceptors (Lipinski definition) is 6. The predicted octanol–water partition coefficient (Wildman–Crippen LogP) is 2.77. The van der Waals surface area contributed by atoms with Gasteiger partial charge in [0, 0.05) is 0 Å². The Morgan fingerprint density at radius 2 is 1.88 bits per heavy atom. The number of aliphatic carboxylic acids is 1. The van der Waals surface area contributed by atoms with Crippen molar-refractivity contribution in [3.63, 3.8) is 0 Å². The zero-order valence-electron chi connectivity index (χ0n) is 16.7. The van der Waals surface area contributed by atoms with Crippen LogP contribution in [-0.4, -0.2) is 46.2 Å². The van der Waals surface area contributed by atoms with Crippen LogP contribution in [0.15, 0.2) is 47.6 Å². The maximum Gasteiger partial charge on any atom is 0.416 e. The smallest absolute Gasteiger partial charge is 0.416 e. The molecule has 1 unspecified atom stereocenters. The van der Waals surface area contributed by atoms with Gasteiger partial charge >= 0.3 is 12.1 Å². The Morgan fingerprint density at radius 1 is 1.19 bits per heavy atom. The Morgan fingerprint density at radius 3 is 2.47 bits per heavy atom. The number of hydrazone groups is 1. The Balaban J connectivity index is 1.78. The molecule has 1 aliphatic carbocycles. The lowest BCUT2D eigenvalue weighted by Gasteiger charge is -2.41. The molecule has 0 radical (unpaired) electrons. The first-order valence-corrected chi connectivity index (χ1v) is 9.58. The summed E-state index contributed by atoms with van der Waals surface area (Å²) in [6, 6.07) is 8.80. The van der Waals surface area contributed by atoms with E-state index in [2.05, 4.69) is 5.10 Å². The number of nitrogens with zero attached hydrogens (tertiary/aromatic N) is 3. The molecule has 0 saturated carbocycles. The van der Waals surface area contributed by atoms with Gasteiger partial charge in [0.2, 0.25) is 12.1 Å². The Bertz CT molecular complexity index is 1100. The highest BCUT2D eigenvalue weighted by atomic mass is 19.4. The van der Waals surface area contributed by atoms with E-state index in [-0.39, 0.29) is 29.7 Å². The first kappa shape index (κ1) is 21.6. The first-order chi connectivity index (χ1) is 15.1. The van der Waals surface area contributed by atoms with Crippen molar-refractivity contribution in [2.75, 3.05) is 12.1 Å². The summed E-state index contributed by atoms with van der Waals surface area (Å²) in [5.74, 6) is -2.20. The number of halogens is 3. The molecule has 11 heteroatoms. The van der Waals surface area contributed by atoms with E-state index >= 15 is 0 Å². The molecule has 2 aliphatic rings. The highest BCUT2D eigenvalue weighted by Gasteiger charge is 2.46. The summed E-state index contributed by atoms with van der Waals surface area (Å²) in [6.45, 7) is 0. The normalized spacial score (nSPS) is 20.8. The van der Waals surface area contributed by atoms with Gasteiger partial charge in [0.05, 0.1) is 24.4 Å². The second kappa shape index (κ2) is 7.83. The number of methoxy groups -OCH3 is 1.